The third-order valence-corrected chi connectivity index (χ3v) is 3.20. The SMILES string of the molecule is CC(C)[C@H]1CC[C@@H](O)[C@@H](F)C1C. The zero-order chi connectivity index (χ0) is 9.30. The molecular weight excluding hydrogens is 155 g/mol. The van der Waals surface area contributed by atoms with Gasteiger partial charge in [-0.25, -0.2) is 4.39 Å². The number of alkyl halides is 1. The molecular formula is C10H19FO. The zero-order valence-corrected chi connectivity index (χ0v) is 8.13. The number of aliphatic hydroxyl groups is 1. The fourth-order valence-electron chi connectivity index (χ4n) is 2.31. The van der Waals surface area contributed by atoms with Gasteiger partial charge >= 0.3 is 0 Å². The van der Waals surface area contributed by atoms with Crippen molar-refractivity contribution >= 4 is 0 Å². The van der Waals surface area contributed by atoms with Crippen molar-refractivity contribution in [2.75, 3.05) is 0 Å². The van der Waals surface area contributed by atoms with Gasteiger partial charge in [-0.1, -0.05) is 20.8 Å². The predicted molar refractivity (Wildman–Crippen MR) is 47.6 cm³/mol. The highest BCUT2D eigenvalue weighted by atomic mass is 19.1. The van der Waals surface area contributed by atoms with Gasteiger partial charge in [0.2, 0.25) is 0 Å². The summed E-state index contributed by atoms with van der Waals surface area (Å²) < 4.78 is 13.3. The lowest BCUT2D eigenvalue weighted by molar-refractivity contribution is -0.0240. The molecule has 0 radical (unpaired) electrons. The van der Waals surface area contributed by atoms with Gasteiger partial charge in [-0.15, -0.1) is 0 Å². The van der Waals surface area contributed by atoms with E-state index in [0.29, 0.717) is 18.3 Å². The molecule has 1 N–H and O–H groups in total. The van der Waals surface area contributed by atoms with Crippen molar-refractivity contribution in [3.8, 4) is 0 Å². The quantitative estimate of drug-likeness (QED) is 0.647. The Morgan fingerprint density at radius 1 is 1.33 bits per heavy atom. The van der Waals surface area contributed by atoms with Crippen LogP contribution in [0.2, 0.25) is 0 Å². The molecule has 1 unspecified atom stereocenters. The molecule has 12 heavy (non-hydrogen) atoms. The van der Waals surface area contributed by atoms with Crippen molar-refractivity contribution in [3.05, 3.63) is 0 Å². The Kier molecular flexibility index (Phi) is 3.10. The second-order valence-corrected chi connectivity index (χ2v) is 4.36. The van der Waals surface area contributed by atoms with Crippen LogP contribution in [-0.4, -0.2) is 17.4 Å². The first-order valence-electron chi connectivity index (χ1n) is 4.86. The second-order valence-electron chi connectivity index (χ2n) is 4.36. The van der Waals surface area contributed by atoms with Crippen LogP contribution in [0.15, 0.2) is 0 Å². The summed E-state index contributed by atoms with van der Waals surface area (Å²) in [5.41, 5.74) is 0. The lowest BCUT2D eigenvalue weighted by atomic mass is 9.72. The molecule has 1 fully saturated rings. The Labute approximate surface area is 74.0 Å². The van der Waals surface area contributed by atoms with Crippen molar-refractivity contribution < 1.29 is 9.50 Å². The van der Waals surface area contributed by atoms with Crippen LogP contribution in [-0.2, 0) is 0 Å². The van der Waals surface area contributed by atoms with Gasteiger partial charge in [-0.05, 0) is 30.6 Å². The van der Waals surface area contributed by atoms with Gasteiger partial charge in [0.25, 0.3) is 0 Å². The van der Waals surface area contributed by atoms with Crippen LogP contribution in [0.4, 0.5) is 4.39 Å². The summed E-state index contributed by atoms with van der Waals surface area (Å²) in [5, 5.41) is 9.27. The minimum absolute atomic E-state index is 0.0220. The minimum atomic E-state index is -1.01. The maximum absolute atomic E-state index is 13.3. The average Bonchev–Trinajstić information content (AvgIpc) is 2.00. The number of rotatable bonds is 1. The summed E-state index contributed by atoms with van der Waals surface area (Å²) in [7, 11) is 0. The topological polar surface area (TPSA) is 20.2 Å². The lowest BCUT2D eigenvalue weighted by Crippen LogP contribution is -2.39. The first-order chi connectivity index (χ1) is 5.54. The number of hydrogen-bond donors (Lipinski definition) is 1. The van der Waals surface area contributed by atoms with Crippen LogP contribution in [0.5, 0.6) is 0 Å². The van der Waals surface area contributed by atoms with E-state index >= 15 is 0 Å². The normalized spacial score (nSPS) is 43.5. The summed E-state index contributed by atoms with van der Waals surface area (Å²) in [4.78, 5) is 0. The predicted octanol–water partition coefficient (Wildman–Crippen LogP) is 2.39. The summed E-state index contributed by atoms with van der Waals surface area (Å²) >= 11 is 0. The smallest absolute Gasteiger partial charge is 0.129 e. The molecule has 0 bridgehead atoms. The van der Waals surface area contributed by atoms with E-state index in [1.165, 1.54) is 0 Å². The molecule has 0 aromatic carbocycles. The fraction of sp³-hybridized carbons (Fsp3) is 1.00. The number of aliphatic hydroxyl groups excluding tert-OH is 1. The summed E-state index contributed by atoms with van der Waals surface area (Å²) in [6.07, 6.45) is -0.115. The molecule has 1 rings (SSSR count). The maximum Gasteiger partial charge on any atom is 0.129 e. The Hall–Kier alpha value is -0.110. The van der Waals surface area contributed by atoms with Gasteiger partial charge in [-0.2, -0.15) is 0 Å². The Bertz CT molecular complexity index is 147. The average molecular weight is 174 g/mol. The lowest BCUT2D eigenvalue weighted by Gasteiger charge is -2.37. The summed E-state index contributed by atoms with van der Waals surface area (Å²) in [5.74, 6) is 1.00. The van der Waals surface area contributed by atoms with Crippen LogP contribution in [0.25, 0.3) is 0 Å². The van der Waals surface area contributed by atoms with Crippen LogP contribution in [0, 0.1) is 17.8 Å². The molecule has 0 aromatic rings. The molecule has 1 aliphatic rings. The molecule has 0 amide bonds. The monoisotopic (exact) mass is 174 g/mol. The van der Waals surface area contributed by atoms with Gasteiger partial charge in [0.15, 0.2) is 0 Å². The molecule has 1 saturated carbocycles. The van der Waals surface area contributed by atoms with Crippen molar-refractivity contribution in [2.24, 2.45) is 17.8 Å². The Morgan fingerprint density at radius 3 is 2.42 bits per heavy atom. The number of halogens is 1. The Balaban J connectivity index is 2.58. The van der Waals surface area contributed by atoms with Crippen LogP contribution >= 0.6 is 0 Å². The van der Waals surface area contributed by atoms with Crippen LogP contribution in [0.1, 0.15) is 33.6 Å². The van der Waals surface area contributed by atoms with Gasteiger partial charge in [-0.3, -0.25) is 0 Å². The largest absolute Gasteiger partial charge is 0.390 e. The van der Waals surface area contributed by atoms with E-state index in [1.54, 1.807) is 0 Å². The fourth-order valence-corrected chi connectivity index (χ4v) is 2.31. The van der Waals surface area contributed by atoms with Crippen molar-refractivity contribution in [1.82, 2.24) is 0 Å². The molecule has 0 spiro atoms. The van der Waals surface area contributed by atoms with Gasteiger partial charge in [0.05, 0.1) is 6.10 Å². The first kappa shape index (κ1) is 9.97. The molecule has 1 nitrogen and oxygen atoms in total. The van der Waals surface area contributed by atoms with E-state index in [0.717, 1.165) is 6.42 Å². The van der Waals surface area contributed by atoms with Gasteiger partial charge < -0.3 is 5.11 Å². The summed E-state index contributed by atoms with van der Waals surface area (Å²) in [6, 6.07) is 0. The van der Waals surface area contributed by atoms with Crippen molar-refractivity contribution in [2.45, 2.75) is 45.9 Å². The van der Waals surface area contributed by atoms with Crippen LogP contribution < -0.4 is 0 Å². The van der Waals surface area contributed by atoms with E-state index in [2.05, 4.69) is 13.8 Å². The standard InChI is InChI=1S/C10H19FO/c1-6(2)8-4-5-9(12)10(11)7(8)3/h6-10,12H,4-5H2,1-3H3/t7?,8-,9-,10+/m1/s1. The molecule has 0 aliphatic heterocycles. The van der Waals surface area contributed by atoms with Crippen molar-refractivity contribution in [3.63, 3.8) is 0 Å². The molecule has 4 atom stereocenters. The van der Waals surface area contributed by atoms with Gasteiger partial charge in [0, 0.05) is 0 Å². The molecule has 0 heterocycles. The third-order valence-electron chi connectivity index (χ3n) is 3.20. The first-order valence-corrected chi connectivity index (χ1v) is 4.86. The van der Waals surface area contributed by atoms with E-state index in [9.17, 15) is 9.50 Å². The summed E-state index contributed by atoms with van der Waals surface area (Å²) in [6.45, 7) is 6.18. The van der Waals surface area contributed by atoms with Crippen LogP contribution in [0.3, 0.4) is 0 Å². The molecule has 1 aliphatic carbocycles. The molecule has 0 aromatic heterocycles. The maximum atomic E-state index is 13.3. The van der Waals surface area contributed by atoms with Crippen molar-refractivity contribution in [1.29, 1.82) is 0 Å². The molecule has 72 valence electrons. The van der Waals surface area contributed by atoms with Gasteiger partial charge in [0.1, 0.15) is 6.17 Å². The second kappa shape index (κ2) is 3.73. The molecule has 2 heteroatoms. The molecule has 0 saturated heterocycles. The minimum Gasteiger partial charge on any atom is -0.390 e. The van der Waals surface area contributed by atoms with E-state index in [4.69, 9.17) is 0 Å². The highest BCUT2D eigenvalue weighted by Crippen LogP contribution is 2.36. The Morgan fingerprint density at radius 2 is 1.92 bits per heavy atom. The highest BCUT2D eigenvalue weighted by molar-refractivity contribution is 4.86. The van der Waals surface area contributed by atoms with E-state index in [-0.39, 0.29) is 5.92 Å². The van der Waals surface area contributed by atoms with E-state index in [1.807, 2.05) is 6.92 Å². The zero-order valence-electron chi connectivity index (χ0n) is 8.13. The highest BCUT2D eigenvalue weighted by Gasteiger charge is 2.37. The van der Waals surface area contributed by atoms with E-state index < -0.39 is 12.3 Å². The third kappa shape index (κ3) is 1.79. The number of hydrogen-bond acceptors (Lipinski definition) is 1.